The number of carbonyl (C=O) groups is 4. The minimum absolute atomic E-state index is 0.130. The van der Waals surface area contributed by atoms with Crippen LogP contribution in [0.1, 0.15) is 43.7 Å². The molecule has 0 aliphatic carbocycles. The van der Waals surface area contributed by atoms with Crippen LogP contribution in [0.3, 0.4) is 0 Å². The maximum absolute atomic E-state index is 13.2. The Kier molecular flexibility index (Phi) is 12.0. The molecule has 0 spiro atoms. The van der Waals surface area contributed by atoms with Crippen molar-refractivity contribution in [3.63, 3.8) is 0 Å². The molecule has 3 amide bonds. The number of hydrogen-bond donors (Lipinski definition) is 3. The van der Waals surface area contributed by atoms with Crippen LogP contribution in [0.25, 0.3) is 0 Å². The third kappa shape index (κ3) is 10.5. The largest absolute Gasteiger partial charge is 0.466 e. The molecule has 1 aliphatic heterocycles. The highest BCUT2D eigenvalue weighted by molar-refractivity contribution is 7.17. The Hall–Kier alpha value is -3.15. The highest BCUT2D eigenvalue weighted by Crippen LogP contribution is 2.28. The van der Waals surface area contributed by atoms with Gasteiger partial charge in [-0.2, -0.15) is 0 Å². The number of hydrogen-bond acceptors (Lipinski definition) is 8. The second kappa shape index (κ2) is 15.4. The number of ether oxygens (including phenoxy) is 2. The fraction of sp³-hybridized carbons (Fsp3) is 0.481. The molecule has 10 nitrogen and oxygen atoms in total. The van der Waals surface area contributed by atoms with E-state index in [9.17, 15) is 19.2 Å². The number of thiophene rings is 1. The van der Waals surface area contributed by atoms with E-state index in [1.54, 1.807) is 19.1 Å². The molecule has 0 fully saturated rings. The molecule has 1 aromatic carbocycles. The lowest BCUT2D eigenvalue weighted by atomic mass is 10.0. The van der Waals surface area contributed by atoms with Crippen molar-refractivity contribution in [2.75, 3.05) is 38.6 Å². The Balaban J connectivity index is 1.58. The van der Waals surface area contributed by atoms with E-state index in [0.717, 1.165) is 37.3 Å². The Morgan fingerprint density at radius 1 is 1.08 bits per heavy atom. The molecule has 2 aromatic rings. The van der Waals surface area contributed by atoms with Crippen LogP contribution in [-0.4, -0.2) is 68.1 Å². The molecule has 2 heterocycles. The molecule has 0 saturated carbocycles. The van der Waals surface area contributed by atoms with Gasteiger partial charge in [-0.25, -0.2) is 4.79 Å². The summed E-state index contributed by atoms with van der Waals surface area (Å²) >= 11 is 6.99. The molecule has 212 valence electrons. The first-order valence-corrected chi connectivity index (χ1v) is 14.2. The van der Waals surface area contributed by atoms with E-state index in [-0.39, 0.29) is 37.7 Å². The van der Waals surface area contributed by atoms with Gasteiger partial charge in [0.1, 0.15) is 6.04 Å². The summed E-state index contributed by atoms with van der Waals surface area (Å²) in [5.41, 5.74) is 3.08. The average Bonchev–Trinajstić information content (AvgIpc) is 3.20. The van der Waals surface area contributed by atoms with Crippen molar-refractivity contribution in [1.29, 1.82) is 0 Å². The van der Waals surface area contributed by atoms with Gasteiger partial charge in [0.2, 0.25) is 11.8 Å². The smallest absolute Gasteiger partial charge is 0.414 e. The monoisotopic (exact) mass is 578 g/mol. The summed E-state index contributed by atoms with van der Waals surface area (Å²) in [6, 6.07) is 8.05. The van der Waals surface area contributed by atoms with E-state index < -0.39 is 18.0 Å². The molecule has 12 heteroatoms. The van der Waals surface area contributed by atoms with Crippen molar-refractivity contribution in [1.82, 2.24) is 15.5 Å². The summed E-state index contributed by atoms with van der Waals surface area (Å²) in [6.45, 7) is 4.08. The van der Waals surface area contributed by atoms with E-state index in [1.807, 2.05) is 18.2 Å². The van der Waals surface area contributed by atoms with Crippen LogP contribution in [0.15, 0.2) is 30.3 Å². The highest BCUT2D eigenvalue weighted by Gasteiger charge is 2.23. The summed E-state index contributed by atoms with van der Waals surface area (Å²) < 4.78 is 10.6. The maximum atomic E-state index is 13.2. The number of likely N-dealkylation sites (N-methyl/N-ethyl adjacent to an activating group) is 1. The van der Waals surface area contributed by atoms with Gasteiger partial charge in [0, 0.05) is 38.2 Å². The third-order valence-corrected chi connectivity index (χ3v) is 7.30. The van der Waals surface area contributed by atoms with Gasteiger partial charge in [-0.3, -0.25) is 14.4 Å². The zero-order valence-corrected chi connectivity index (χ0v) is 23.8. The molecule has 1 aliphatic rings. The quantitative estimate of drug-likeness (QED) is 0.327. The number of nitrogens with one attached hydrogen (secondary N) is 3. The zero-order chi connectivity index (χ0) is 28.2. The Labute approximate surface area is 237 Å². The summed E-state index contributed by atoms with van der Waals surface area (Å²) in [7, 11) is 2.09. The van der Waals surface area contributed by atoms with Crippen LogP contribution in [0, 0.1) is 0 Å². The first-order valence-electron chi connectivity index (χ1n) is 13.0. The summed E-state index contributed by atoms with van der Waals surface area (Å²) in [5.74, 6) is -1.04. The standard InChI is InChI=1S/C27H35ClN4O6S/c1-3-37-24(34)6-4-5-23(33)29-14-11-21(31-27(36)38-25-10-9-22(28)39-25)26(35)30-20-8-7-18-12-15-32(2)16-13-19(18)17-20/h7-10,17,21H,3-6,11-16H2,1-2H3,(H,29,33)(H,30,35)(H,31,36)/t21-/m1/s1. The van der Waals surface area contributed by atoms with Gasteiger partial charge < -0.3 is 30.3 Å². The fourth-order valence-electron chi connectivity index (χ4n) is 4.10. The molecule has 0 unspecified atom stereocenters. The van der Waals surface area contributed by atoms with Gasteiger partial charge in [0.25, 0.3) is 0 Å². The number of benzene rings is 1. The lowest BCUT2D eigenvalue weighted by Gasteiger charge is -2.19. The van der Waals surface area contributed by atoms with Crippen molar-refractivity contribution in [2.45, 2.75) is 51.5 Å². The normalized spacial score (nSPS) is 13.9. The predicted octanol–water partition coefficient (Wildman–Crippen LogP) is 3.77. The summed E-state index contributed by atoms with van der Waals surface area (Å²) in [5, 5.41) is 8.50. The molecule has 0 radical (unpaired) electrons. The number of nitrogens with zero attached hydrogens (tertiary/aromatic N) is 1. The zero-order valence-electron chi connectivity index (χ0n) is 22.2. The highest BCUT2D eigenvalue weighted by atomic mass is 35.5. The number of rotatable bonds is 12. The summed E-state index contributed by atoms with van der Waals surface area (Å²) in [4.78, 5) is 51.6. The van der Waals surface area contributed by atoms with Gasteiger partial charge in [-0.1, -0.05) is 29.0 Å². The average molecular weight is 579 g/mol. The molecule has 1 atom stereocenters. The van der Waals surface area contributed by atoms with Crippen LogP contribution in [0.4, 0.5) is 10.5 Å². The number of esters is 1. The number of anilines is 1. The Bertz CT molecular complexity index is 1160. The van der Waals surface area contributed by atoms with E-state index in [1.165, 1.54) is 11.1 Å². The fourth-order valence-corrected chi connectivity index (χ4v) is 4.97. The van der Waals surface area contributed by atoms with Gasteiger partial charge in [-0.15, -0.1) is 0 Å². The molecule has 0 bridgehead atoms. The maximum Gasteiger partial charge on any atom is 0.414 e. The molecule has 1 aromatic heterocycles. The van der Waals surface area contributed by atoms with E-state index in [0.29, 0.717) is 28.1 Å². The van der Waals surface area contributed by atoms with Gasteiger partial charge in [-0.05, 0) is 75.0 Å². The first-order chi connectivity index (χ1) is 18.7. The number of amides is 3. The molecule has 3 rings (SSSR count). The van der Waals surface area contributed by atoms with E-state index >= 15 is 0 Å². The van der Waals surface area contributed by atoms with Crippen molar-refractivity contribution < 1.29 is 28.7 Å². The molecular formula is C27H35ClN4O6S. The molecular weight excluding hydrogens is 544 g/mol. The van der Waals surface area contributed by atoms with Crippen LogP contribution < -0.4 is 20.7 Å². The number of halogens is 1. The second-order valence-corrected chi connectivity index (χ2v) is 10.9. The van der Waals surface area contributed by atoms with Crippen molar-refractivity contribution in [2.24, 2.45) is 0 Å². The van der Waals surface area contributed by atoms with Crippen LogP contribution in [0.2, 0.25) is 4.34 Å². The minimum atomic E-state index is -0.974. The van der Waals surface area contributed by atoms with Crippen molar-refractivity contribution in [3.05, 3.63) is 45.8 Å². The van der Waals surface area contributed by atoms with Crippen molar-refractivity contribution in [3.8, 4) is 5.06 Å². The van der Waals surface area contributed by atoms with Crippen LogP contribution in [-0.2, 0) is 32.0 Å². The first kappa shape index (κ1) is 30.4. The molecule has 3 N–H and O–H groups in total. The lowest BCUT2D eigenvalue weighted by molar-refractivity contribution is -0.143. The lowest BCUT2D eigenvalue weighted by Crippen LogP contribution is -2.46. The van der Waals surface area contributed by atoms with E-state index in [2.05, 4.69) is 27.9 Å². The second-order valence-electron chi connectivity index (χ2n) is 9.22. The Morgan fingerprint density at radius 3 is 2.56 bits per heavy atom. The number of carbonyl (C=O) groups excluding carboxylic acids is 4. The van der Waals surface area contributed by atoms with Crippen LogP contribution >= 0.6 is 22.9 Å². The molecule has 0 saturated heterocycles. The van der Waals surface area contributed by atoms with Gasteiger partial charge >= 0.3 is 12.1 Å². The topological polar surface area (TPSA) is 126 Å². The van der Waals surface area contributed by atoms with Gasteiger partial charge in [0.05, 0.1) is 10.9 Å². The molecule has 39 heavy (non-hydrogen) atoms. The van der Waals surface area contributed by atoms with E-state index in [4.69, 9.17) is 21.1 Å². The predicted molar refractivity (Wildman–Crippen MR) is 150 cm³/mol. The SMILES string of the molecule is CCOC(=O)CCCC(=O)NCC[C@@H](NC(=O)Oc1ccc(Cl)s1)C(=O)Nc1ccc2c(c1)CCN(C)CC2. The van der Waals surface area contributed by atoms with Crippen LogP contribution in [0.5, 0.6) is 5.06 Å². The van der Waals surface area contributed by atoms with Crippen molar-refractivity contribution >= 4 is 52.5 Å². The Morgan fingerprint density at radius 2 is 1.85 bits per heavy atom. The summed E-state index contributed by atoms with van der Waals surface area (Å²) in [6.07, 6.45) is 1.82. The number of fused-ring (bicyclic) bond motifs is 1. The minimum Gasteiger partial charge on any atom is -0.466 e. The van der Waals surface area contributed by atoms with Gasteiger partial charge in [0.15, 0.2) is 5.06 Å². The third-order valence-electron chi connectivity index (χ3n) is 6.20.